The summed E-state index contributed by atoms with van der Waals surface area (Å²) in [6, 6.07) is 8.11. The third-order valence-corrected chi connectivity index (χ3v) is 3.38. The van der Waals surface area contributed by atoms with Crippen molar-refractivity contribution in [2.45, 2.75) is 46.2 Å². The molecule has 0 N–H and O–H groups in total. The van der Waals surface area contributed by atoms with Crippen molar-refractivity contribution < 1.29 is 9.26 Å². The molecule has 22 heavy (non-hydrogen) atoms. The van der Waals surface area contributed by atoms with E-state index in [1.807, 2.05) is 32.2 Å². The molecule has 0 aliphatic rings. The number of aromatic nitrogens is 2. The minimum atomic E-state index is 0.638. The van der Waals surface area contributed by atoms with E-state index >= 15 is 0 Å². The fourth-order valence-corrected chi connectivity index (χ4v) is 2.30. The van der Waals surface area contributed by atoms with E-state index in [0.29, 0.717) is 19.0 Å². The van der Waals surface area contributed by atoms with Crippen LogP contribution in [0, 0.1) is 0 Å². The maximum Gasteiger partial charge on any atom is 0.240 e. The summed E-state index contributed by atoms with van der Waals surface area (Å²) in [5, 5.41) is 4.02. The molecule has 0 fully saturated rings. The Balaban J connectivity index is 1.92. The predicted octanol–water partition coefficient (Wildman–Crippen LogP) is 3.44. The summed E-state index contributed by atoms with van der Waals surface area (Å²) in [7, 11) is 2.04. The summed E-state index contributed by atoms with van der Waals surface area (Å²) < 4.78 is 11.0. The molecular weight excluding hydrogens is 278 g/mol. The lowest BCUT2D eigenvalue weighted by molar-refractivity contribution is 0.254. The first kappa shape index (κ1) is 16.5. The molecule has 0 aliphatic heterocycles. The molecule has 0 amide bonds. The number of benzene rings is 1. The monoisotopic (exact) mass is 303 g/mol. The predicted molar refractivity (Wildman–Crippen MR) is 85.7 cm³/mol. The first-order valence-corrected chi connectivity index (χ1v) is 7.93. The molecule has 1 heterocycles. The molecule has 0 bridgehead atoms. The van der Waals surface area contributed by atoms with Crippen LogP contribution in [0.5, 0.6) is 5.75 Å². The van der Waals surface area contributed by atoms with Gasteiger partial charge in [-0.05, 0) is 26.5 Å². The molecule has 0 unspecified atom stereocenters. The molecule has 5 nitrogen and oxygen atoms in total. The summed E-state index contributed by atoms with van der Waals surface area (Å²) in [4.78, 5) is 6.59. The molecule has 0 atom stereocenters. The summed E-state index contributed by atoms with van der Waals surface area (Å²) >= 11 is 0. The van der Waals surface area contributed by atoms with E-state index in [4.69, 9.17) is 9.26 Å². The van der Waals surface area contributed by atoms with Crippen LogP contribution in [0.2, 0.25) is 0 Å². The number of ether oxygens (including phenoxy) is 1. The molecule has 1 aromatic carbocycles. The number of hydrogen-bond donors (Lipinski definition) is 0. The minimum Gasteiger partial charge on any atom is -0.494 e. The lowest BCUT2D eigenvalue weighted by Crippen LogP contribution is -2.18. The van der Waals surface area contributed by atoms with Crippen LogP contribution in [-0.4, -0.2) is 28.7 Å². The van der Waals surface area contributed by atoms with Crippen LogP contribution in [0.15, 0.2) is 28.8 Å². The van der Waals surface area contributed by atoms with Crippen LogP contribution < -0.4 is 4.74 Å². The zero-order chi connectivity index (χ0) is 15.8. The second-order valence-corrected chi connectivity index (χ2v) is 5.42. The van der Waals surface area contributed by atoms with Gasteiger partial charge in [0.1, 0.15) is 5.75 Å². The summed E-state index contributed by atoms with van der Waals surface area (Å²) in [5.41, 5.74) is 1.16. The average molecular weight is 303 g/mol. The fourth-order valence-electron chi connectivity index (χ4n) is 2.30. The molecule has 120 valence electrons. The van der Waals surface area contributed by atoms with Crippen molar-refractivity contribution in [3.05, 3.63) is 41.5 Å². The van der Waals surface area contributed by atoms with E-state index in [-0.39, 0.29) is 0 Å². The van der Waals surface area contributed by atoms with Crippen molar-refractivity contribution in [3.8, 4) is 5.75 Å². The average Bonchev–Trinajstić information content (AvgIpc) is 2.94. The van der Waals surface area contributed by atoms with E-state index < -0.39 is 0 Å². The van der Waals surface area contributed by atoms with Gasteiger partial charge in [0.05, 0.1) is 13.2 Å². The first-order chi connectivity index (χ1) is 10.7. The van der Waals surface area contributed by atoms with Crippen LogP contribution in [-0.2, 0) is 19.5 Å². The zero-order valence-corrected chi connectivity index (χ0v) is 13.7. The molecule has 1 aromatic heterocycles. The Morgan fingerprint density at radius 1 is 1.18 bits per heavy atom. The molecule has 0 aliphatic carbocycles. The Bertz CT molecular complexity index is 569. The van der Waals surface area contributed by atoms with Gasteiger partial charge in [0, 0.05) is 18.5 Å². The van der Waals surface area contributed by atoms with Crippen LogP contribution in [0.25, 0.3) is 0 Å². The maximum absolute atomic E-state index is 5.66. The van der Waals surface area contributed by atoms with Gasteiger partial charge in [0.15, 0.2) is 5.82 Å². The van der Waals surface area contributed by atoms with Gasteiger partial charge in [-0.1, -0.05) is 36.7 Å². The number of nitrogens with zero attached hydrogens (tertiary/aromatic N) is 3. The highest BCUT2D eigenvalue weighted by atomic mass is 16.5. The molecule has 0 saturated carbocycles. The molecule has 2 rings (SSSR count). The fraction of sp³-hybridized carbons (Fsp3) is 0.529. The van der Waals surface area contributed by atoms with Crippen molar-refractivity contribution >= 4 is 0 Å². The quantitative estimate of drug-likeness (QED) is 0.710. The Morgan fingerprint density at radius 3 is 2.77 bits per heavy atom. The largest absolute Gasteiger partial charge is 0.494 e. The Morgan fingerprint density at radius 2 is 2.00 bits per heavy atom. The number of unbranched alkanes of at least 4 members (excludes halogenated alkanes) is 1. The van der Waals surface area contributed by atoms with E-state index in [2.05, 4.69) is 28.0 Å². The third-order valence-electron chi connectivity index (χ3n) is 3.38. The van der Waals surface area contributed by atoms with Gasteiger partial charge in [-0.3, -0.25) is 4.90 Å². The number of hydrogen-bond acceptors (Lipinski definition) is 5. The molecular formula is C17H25N3O2. The van der Waals surface area contributed by atoms with Gasteiger partial charge in [-0.2, -0.15) is 4.98 Å². The number of rotatable bonds is 9. The highest BCUT2D eigenvalue weighted by Crippen LogP contribution is 2.20. The van der Waals surface area contributed by atoms with Gasteiger partial charge in [0.25, 0.3) is 0 Å². The lowest BCUT2D eigenvalue weighted by atomic mass is 10.2. The van der Waals surface area contributed by atoms with Crippen molar-refractivity contribution in [3.63, 3.8) is 0 Å². The molecule has 2 aromatic rings. The topological polar surface area (TPSA) is 51.4 Å². The van der Waals surface area contributed by atoms with E-state index in [1.165, 1.54) is 0 Å². The summed E-state index contributed by atoms with van der Waals surface area (Å²) in [6.07, 6.45) is 3.12. The van der Waals surface area contributed by atoms with Crippen molar-refractivity contribution in [2.24, 2.45) is 0 Å². The Hall–Kier alpha value is -1.88. The van der Waals surface area contributed by atoms with E-state index in [1.54, 1.807) is 0 Å². The zero-order valence-electron chi connectivity index (χ0n) is 13.7. The molecule has 0 saturated heterocycles. The van der Waals surface area contributed by atoms with Crippen LogP contribution in [0.3, 0.4) is 0 Å². The first-order valence-electron chi connectivity index (χ1n) is 7.93. The normalized spacial score (nSPS) is 11.1. The highest BCUT2D eigenvalue weighted by Gasteiger charge is 2.11. The van der Waals surface area contributed by atoms with Gasteiger partial charge >= 0.3 is 0 Å². The van der Waals surface area contributed by atoms with E-state index in [9.17, 15) is 0 Å². The van der Waals surface area contributed by atoms with Crippen molar-refractivity contribution in [1.82, 2.24) is 15.0 Å². The molecule has 5 heteroatoms. The van der Waals surface area contributed by atoms with Crippen LogP contribution >= 0.6 is 0 Å². The molecule has 0 spiro atoms. The smallest absolute Gasteiger partial charge is 0.240 e. The third kappa shape index (κ3) is 4.84. The van der Waals surface area contributed by atoms with Crippen molar-refractivity contribution in [2.75, 3.05) is 13.7 Å². The van der Waals surface area contributed by atoms with Crippen LogP contribution in [0.1, 0.15) is 44.0 Å². The van der Waals surface area contributed by atoms with E-state index in [0.717, 1.165) is 42.9 Å². The maximum atomic E-state index is 5.66. The second kappa shape index (κ2) is 8.54. The number of aryl methyl sites for hydroxylation is 1. The van der Waals surface area contributed by atoms with Gasteiger partial charge in [-0.25, -0.2) is 0 Å². The molecule has 0 radical (unpaired) electrons. The van der Waals surface area contributed by atoms with Gasteiger partial charge < -0.3 is 9.26 Å². The van der Waals surface area contributed by atoms with Gasteiger partial charge in [-0.15, -0.1) is 0 Å². The highest BCUT2D eigenvalue weighted by molar-refractivity contribution is 5.33. The number of para-hydroxylation sites is 1. The second-order valence-electron chi connectivity index (χ2n) is 5.42. The van der Waals surface area contributed by atoms with Crippen molar-refractivity contribution in [1.29, 1.82) is 0 Å². The lowest BCUT2D eigenvalue weighted by Gasteiger charge is -2.16. The SMILES string of the molecule is CCCCc1noc(CN(C)Cc2ccccc2OCC)n1. The Labute approximate surface area is 132 Å². The minimum absolute atomic E-state index is 0.638. The summed E-state index contributed by atoms with van der Waals surface area (Å²) in [6.45, 7) is 6.24. The standard InChI is InChI=1S/C17H25N3O2/c1-4-6-11-16-18-17(22-19-16)13-20(3)12-14-9-7-8-10-15(14)21-5-2/h7-10H,4-6,11-13H2,1-3H3. The Kier molecular flexibility index (Phi) is 6.40. The van der Waals surface area contributed by atoms with Gasteiger partial charge in [0.2, 0.25) is 5.89 Å². The summed E-state index contributed by atoms with van der Waals surface area (Å²) in [5.74, 6) is 2.41. The van der Waals surface area contributed by atoms with Crippen LogP contribution in [0.4, 0.5) is 0 Å².